The first kappa shape index (κ1) is 19.9. The summed E-state index contributed by atoms with van der Waals surface area (Å²) in [6.45, 7) is 1.53. The van der Waals surface area contributed by atoms with Crippen LogP contribution < -0.4 is 25.8 Å². The molecule has 4 N–H and O–H groups in total. The lowest BCUT2D eigenvalue weighted by atomic mass is 10.0. The van der Waals surface area contributed by atoms with Crippen LogP contribution in [-0.2, 0) is 11.3 Å². The topological polar surface area (TPSA) is 98.0 Å². The van der Waals surface area contributed by atoms with E-state index in [-0.39, 0.29) is 5.91 Å². The summed E-state index contributed by atoms with van der Waals surface area (Å²) in [5.74, 6) is 2.39. The number of ether oxygens (including phenoxy) is 2. The second kappa shape index (κ2) is 10.5. The second-order valence-electron chi connectivity index (χ2n) is 6.52. The highest BCUT2D eigenvalue weighted by Crippen LogP contribution is 2.28. The molecule has 1 fully saturated rings. The van der Waals surface area contributed by atoms with Crippen molar-refractivity contribution in [2.24, 2.45) is 16.6 Å². The van der Waals surface area contributed by atoms with Gasteiger partial charge in [-0.15, -0.1) is 0 Å². The maximum absolute atomic E-state index is 11.8. The van der Waals surface area contributed by atoms with E-state index in [0.29, 0.717) is 49.4 Å². The van der Waals surface area contributed by atoms with E-state index in [1.165, 1.54) is 25.7 Å². The summed E-state index contributed by atoms with van der Waals surface area (Å²) < 4.78 is 10.5. The second-order valence-corrected chi connectivity index (χ2v) is 6.52. The van der Waals surface area contributed by atoms with Crippen molar-refractivity contribution < 1.29 is 14.3 Å². The number of carbonyl (C=O) groups is 1. The number of nitrogens with two attached hydrogens (primary N) is 1. The number of benzene rings is 1. The minimum absolute atomic E-state index is 0.125. The molecule has 0 heterocycles. The molecule has 0 atom stereocenters. The fraction of sp³-hybridized carbons (Fsp3) is 0.579. The summed E-state index contributed by atoms with van der Waals surface area (Å²) in [4.78, 5) is 16.1. The first-order valence-electron chi connectivity index (χ1n) is 9.13. The zero-order valence-electron chi connectivity index (χ0n) is 15.7. The summed E-state index contributed by atoms with van der Waals surface area (Å²) >= 11 is 0. The number of rotatable bonds is 9. The number of methoxy groups -OCH3 is 2. The third kappa shape index (κ3) is 6.46. The molecule has 144 valence electrons. The molecule has 1 amide bonds. The van der Waals surface area contributed by atoms with Gasteiger partial charge in [-0.2, -0.15) is 0 Å². The van der Waals surface area contributed by atoms with Crippen LogP contribution in [0.4, 0.5) is 0 Å². The Hall–Kier alpha value is -2.44. The van der Waals surface area contributed by atoms with Crippen LogP contribution >= 0.6 is 0 Å². The first-order chi connectivity index (χ1) is 12.6. The van der Waals surface area contributed by atoms with Gasteiger partial charge in [0.2, 0.25) is 5.91 Å². The van der Waals surface area contributed by atoms with Gasteiger partial charge in [0, 0.05) is 19.5 Å². The molecule has 0 aliphatic heterocycles. The normalized spacial score (nSPS) is 14.9. The largest absolute Gasteiger partial charge is 0.493 e. The van der Waals surface area contributed by atoms with Crippen molar-refractivity contribution in [3.63, 3.8) is 0 Å². The molecule has 0 spiro atoms. The van der Waals surface area contributed by atoms with E-state index >= 15 is 0 Å². The molecule has 1 saturated carbocycles. The Labute approximate surface area is 155 Å². The third-order valence-corrected chi connectivity index (χ3v) is 4.58. The van der Waals surface area contributed by atoms with E-state index in [1.807, 2.05) is 18.2 Å². The summed E-state index contributed by atoms with van der Waals surface area (Å²) in [6.07, 6.45) is 5.52. The van der Waals surface area contributed by atoms with E-state index < -0.39 is 0 Å². The van der Waals surface area contributed by atoms with E-state index in [9.17, 15) is 4.79 Å². The van der Waals surface area contributed by atoms with Crippen molar-refractivity contribution in [1.82, 2.24) is 10.6 Å². The molecule has 1 aromatic rings. The lowest BCUT2D eigenvalue weighted by molar-refractivity contribution is -0.121. The van der Waals surface area contributed by atoms with Gasteiger partial charge in [0.1, 0.15) is 0 Å². The molecule has 7 heteroatoms. The van der Waals surface area contributed by atoms with Gasteiger partial charge in [-0.3, -0.25) is 4.79 Å². The average molecular weight is 362 g/mol. The Kier molecular flexibility index (Phi) is 8.05. The highest BCUT2D eigenvalue weighted by molar-refractivity contribution is 5.78. The van der Waals surface area contributed by atoms with Crippen LogP contribution in [0.3, 0.4) is 0 Å². The number of nitrogens with zero attached hydrogens (tertiary/aromatic N) is 1. The number of hydrogen-bond acceptors (Lipinski definition) is 4. The highest BCUT2D eigenvalue weighted by Gasteiger charge is 2.17. The van der Waals surface area contributed by atoms with Crippen molar-refractivity contribution in [2.45, 2.75) is 38.6 Å². The van der Waals surface area contributed by atoms with Gasteiger partial charge in [-0.25, -0.2) is 4.99 Å². The van der Waals surface area contributed by atoms with E-state index in [1.54, 1.807) is 14.2 Å². The van der Waals surface area contributed by atoms with Crippen LogP contribution in [0.25, 0.3) is 0 Å². The summed E-state index contributed by atoms with van der Waals surface area (Å²) in [7, 11) is 3.20. The molecule has 7 nitrogen and oxygen atoms in total. The van der Waals surface area contributed by atoms with Crippen LogP contribution in [0.5, 0.6) is 11.5 Å². The zero-order chi connectivity index (χ0) is 18.8. The molecule has 1 aliphatic rings. The lowest BCUT2D eigenvalue weighted by Crippen LogP contribution is -2.38. The summed E-state index contributed by atoms with van der Waals surface area (Å²) in [5, 5.41) is 5.93. The quantitative estimate of drug-likeness (QED) is 0.353. The van der Waals surface area contributed by atoms with Crippen molar-refractivity contribution in [3.05, 3.63) is 23.8 Å². The van der Waals surface area contributed by atoms with Gasteiger partial charge in [0.15, 0.2) is 17.5 Å². The molecule has 26 heavy (non-hydrogen) atoms. The Morgan fingerprint density at radius 2 is 1.85 bits per heavy atom. The standard InChI is InChI=1S/C19H30N4O3/c1-25-16-8-7-15(11-17(16)26-2)13-23-19(20)22-10-9-21-18(24)12-14-5-3-4-6-14/h7-8,11,14H,3-6,9-10,12-13H2,1-2H3,(H,21,24)(H3,20,22,23). The highest BCUT2D eigenvalue weighted by atomic mass is 16.5. The predicted molar refractivity (Wildman–Crippen MR) is 102 cm³/mol. The minimum atomic E-state index is 0.125. The molecule has 0 unspecified atom stereocenters. The number of aliphatic imine (C=N–C) groups is 1. The molecular weight excluding hydrogens is 332 g/mol. The molecular formula is C19H30N4O3. The van der Waals surface area contributed by atoms with Crippen LogP contribution in [0.15, 0.2) is 23.2 Å². The predicted octanol–water partition coefficient (Wildman–Crippen LogP) is 1.80. The van der Waals surface area contributed by atoms with Crippen LogP contribution in [-0.4, -0.2) is 39.2 Å². The fourth-order valence-electron chi connectivity index (χ4n) is 3.15. The molecule has 2 rings (SSSR count). The molecule has 0 bridgehead atoms. The van der Waals surface area contributed by atoms with E-state index in [4.69, 9.17) is 15.2 Å². The minimum Gasteiger partial charge on any atom is -0.493 e. The van der Waals surface area contributed by atoms with E-state index in [2.05, 4.69) is 15.6 Å². The monoisotopic (exact) mass is 362 g/mol. The van der Waals surface area contributed by atoms with Gasteiger partial charge in [0.25, 0.3) is 0 Å². The zero-order valence-corrected chi connectivity index (χ0v) is 15.7. The van der Waals surface area contributed by atoms with Gasteiger partial charge >= 0.3 is 0 Å². The van der Waals surface area contributed by atoms with Gasteiger partial charge < -0.3 is 25.8 Å². The maximum atomic E-state index is 11.8. The maximum Gasteiger partial charge on any atom is 0.220 e. The molecule has 0 aromatic heterocycles. The summed E-state index contributed by atoms with van der Waals surface area (Å²) in [6, 6.07) is 5.63. The number of carbonyl (C=O) groups excluding carboxylic acids is 1. The van der Waals surface area contributed by atoms with Crippen molar-refractivity contribution >= 4 is 11.9 Å². The van der Waals surface area contributed by atoms with E-state index in [0.717, 1.165) is 5.56 Å². The number of amides is 1. The van der Waals surface area contributed by atoms with Crippen LogP contribution in [0, 0.1) is 5.92 Å². The smallest absolute Gasteiger partial charge is 0.220 e. The summed E-state index contributed by atoms with van der Waals surface area (Å²) in [5.41, 5.74) is 6.84. The number of nitrogens with one attached hydrogen (secondary N) is 2. The van der Waals surface area contributed by atoms with Gasteiger partial charge in [-0.1, -0.05) is 18.9 Å². The average Bonchev–Trinajstić information content (AvgIpc) is 3.16. The van der Waals surface area contributed by atoms with Crippen LogP contribution in [0.2, 0.25) is 0 Å². The fourth-order valence-corrected chi connectivity index (χ4v) is 3.15. The van der Waals surface area contributed by atoms with Gasteiger partial charge in [0.05, 0.1) is 20.8 Å². The van der Waals surface area contributed by atoms with Crippen molar-refractivity contribution in [3.8, 4) is 11.5 Å². The Morgan fingerprint density at radius 3 is 2.54 bits per heavy atom. The van der Waals surface area contributed by atoms with Crippen molar-refractivity contribution in [1.29, 1.82) is 0 Å². The Balaban J connectivity index is 1.67. The lowest BCUT2D eigenvalue weighted by Gasteiger charge is -2.11. The van der Waals surface area contributed by atoms with Crippen molar-refractivity contribution in [2.75, 3.05) is 27.3 Å². The van der Waals surface area contributed by atoms with Crippen LogP contribution in [0.1, 0.15) is 37.7 Å². The molecule has 0 saturated heterocycles. The SMILES string of the molecule is COc1ccc(CN=C(N)NCCNC(=O)CC2CCCC2)cc1OC. The Bertz CT molecular complexity index is 613. The van der Waals surface area contributed by atoms with Gasteiger partial charge in [-0.05, 0) is 36.5 Å². The molecule has 1 aliphatic carbocycles. The third-order valence-electron chi connectivity index (χ3n) is 4.58. The molecule has 1 aromatic carbocycles. The molecule has 0 radical (unpaired) electrons. The number of hydrogen-bond donors (Lipinski definition) is 3. The first-order valence-corrected chi connectivity index (χ1v) is 9.13. The Morgan fingerprint density at radius 1 is 1.15 bits per heavy atom. The number of guanidine groups is 1.